The number of hydrogen-bond donors (Lipinski definition) is 2. The molecule has 0 aliphatic heterocycles. The summed E-state index contributed by atoms with van der Waals surface area (Å²) in [6.45, 7) is 1.90. The largest absolute Gasteiger partial charge is 0.348 e. The molecule has 2 atom stereocenters. The summed E-state index contributed by atoms with van der Waals surface area (Å²) in [6, 6.07) is 12.5. The quantitative estimate of drug-likeness (QED) is 0.647. The number of thiophene rings is 1. The molecule has 26 heavy (non-hydrogen) atoms. The van der Waals surface area contributed by atoms with Crippen molar-refractivity contribution < 1.29 is 4.79 Å². The molecule has 134 valence electrons. The van der Waals surface area contributed by atoms with Crippen molar-refractivity contribution in [2.45, 2.75) is 42.6 Å². The molecule has 4 rings (SSSR count). The van der Waals surface area contributed by atoms with Gasteiger partial charge in [0, 0.05) is 0 Å². The van der Waals surface area contributed by atoms with Crippen LogP contribution in [0.15, 0.2) is 46.9 Å². The summed E-state index contributed by atoms with van der Waals surface area (Å²) in [5, 5.41) is 12.7. The van der Waals surface area contributed by atoms with E-state index in [9.17, 15) is 4.79 Å². The Labute approximate surface area is 160 Å². The highest BCUT2D eigenvalue weighted by molar-refractivity contribution is 8.00. The van der Waals surface area contributed by atoms with Crippen LogP contribution < -0.4 is 5.32 Å². The van der Waals surface area contributed by atoms with Crippen LogP contribution in [-0.2, 0) is 11.2 Å². The molecule has 1 amide bonds. The van der Waals surface area contributed by atoms with Crippen molar-refractivity contribution in [3.05, 3.63) is 52.9 Å². The lowest BCUT2D eigenvalue weighted by molar-refractivity contribution is -0.121. The van der Waals surface area contributed by atoms with Gasteiger partial charge < -0.3 is 5.32 Å². The maximum absolute atomic E-state index is 12.7. The maximum Gasteiger partial charge on any atom is 0.233 e. The monoisotopic (exact) mass is 384 g/mol. The van der Waals surface area contributed by atoms with E-state index in [0.29, 0.717) is 5.16 Å². The molecule has 2 aromatic heterocycles. The number of fused-ring (bicyclic) bond motifs is 1. The third-order valence-electron chi connectivity index (χ3n) is 4.56. The Morgan fingerprint density at radius 1 is 1.35 bits per heavy atom. The van der Waals surface area contributed by atoms with Crippen LogP contribution in [0.5, 0.6) is 0 Å². The van der Waals surface area contributed by atoms with Crippen molar-refractivity contribution in [1.29, 1.82) is 0 Å². The van der Waals surface area contributed by atoms with E-state index in [1.165, 1.54) is 22.9 Å². The van der Waals surface area contributed by atoms with E-state index < -0.39 is 0 Å². The van der Waals surface area contributed by atoms with Crippen molar-refractivity contribution in [2.24, 2.45) is 0 Å². The van der Waals surface area contributed by atoms with E-state index in [4.69, 9.17) is 0 Å². The van der Waals surface area contributed by atoms with Crippen molar-refractivity contribution in [3.63, 3.8) is 0 Å². The van der Waals surface area contributed by atoms with Gasteiger partial charge in [0.25, 0.3) is 0 Å². The second-order valence-corrected chi connectivity index (χ2v) is 8.61. The van der Waals surface area contributed by atoms with Crippen molar-refractivity contribution in [2.75, 3.05) is 0 Å². The van der Waals surface area contributed by atoms with Gasteiger partial charge in [-0.3, -0.25) is 9.89 Å². The van der Waals surface area contributed by atoms with E-state index in [1.54, 1.807) is 11.3 Å². The number of aryl methyl sites for hydroxylation is 1. The number of amides is 1. The fourth-order valence-corrected chi connectivity index (χ4v) is 4.62. The van der Waals surface area contributed by atoms with Crippen LogP contribution in [0, 0.1) is 0 Å². The maximum atomic E-state index is 12.7. The molecule has 1 aliphatic carbocycles. The minimum Gasteiger partial charge on any atom is -0.348 e. The predicted molar refractivity (Wildman–Crippen MR) is 105 cm³/mol. The molecule has 0 saturated heterocycles. The third kappa shape index (κ3) is 3.68. The minimum absolute atomic E-state index is 0.0270. The zero-order valence-electron chi connectivity index (χ0n) is 14.4. The molecule has 0 saturated carbocycles. The zero-order valence-corrected chi connectivity index (χ0v) is 16.1. The normalized spacial score (nSPS) is 17.5. The molecule has 5 nitrogen and oxygen atoms in total. The van der Waals surface area contributed by atoms with Gasteiger partial charge in [-0.1, -0.05) is 42.1 Å². The molecule has 2 N–H and O–H groups in total. The topological polar surface area (TPSA) is 70.7 Å². The first-order chi connectivity index (χ1) is 12.7. The van der Waals surface area contributed by atoms with Gasteiger partial charge in [-0.15, -0.1) is 16.4 Å². The van der Waals surface area contributed by atoms with Crippen molar-refractivity contribution in [3.8, 4) is 10.7 Å². The fraction of sp³-hybridized carbons (Fsp3) is 0.316. The molecular formula is C19H20N4OS2. The molecule has 1 aromatic carbocycles. The smallest absolute Gasteiger partial charge is 0.233 e. The van der Waals surface area contributed by atoms with Gasteiger partial charge in [-0.25, -0.2) is 4.98 Å². The number of rotatable bonds is 5. The molecule has 0 fully saturated rings. The van der Waals surface area contributed by atoms with Crippen LogP contribution in [0.3, 0.4) is 0 Å². The molecular weight excluding hydrogens is 364 g/mol. The number of carbonyl (C=O) groups is 1. The number of nitrogens with one attached hydrogen (secondary N) is 2. The number of aromatic amines is 1. The lowest BCUT2D eigenvalue weighted by atomic mass is 9.88. The van der Waals surface area contributed by atoms with Crippen LogP contribution in [0.25, 0.3) is 10.7 Å². The first kappa shape index (κ1) is 17.3. The predicted octanol–water partition coefficient (Wildman–Crippen LogP) is 4.21. The van der Waals surface area contributed by atoms with Crippen LogP contribution in [0.2, 0.25) is 0 Å². The van der Waals surface area contributed by atoms with E-state index in [1.807, 2.05) is 30.5 Å². The Morgan fingerprint density at radius 3 is 3.08 bits per heavy atom. The zero-order chi connectivity index (χ0) is 17.9. The van der Waals surface area contributed by atoms with Crippen LogP contribution in [0.4, 0.5) is 0 Å². The molecule has 1 aliphatic rings. The first-order valence-corrected chi connectivity index (χ1v) is 10.5. The number of aromatic nitrogens is 3. The number of hydrogen-bond acceptors (Lipinski definition) is 5. The molecule has 2 heterocycles. The second kappa shape index (κ2) is 7.63. The van der Waals surface area contributed by atoms with E-state index in [0.717, 1.165) is 30.0 Å². The number of thioether (sulfide) groups is 1. The van der Waals surface area contributed by atoms with Gasteiger partial charge in [-0.05, 0) is 48.8 Å². The number of nitrogens with zero attached hydrogens (tertiary/aromatic N) is 2. The highest BCUT2D eigenvalue weighted by Gasteiger charge is 2.24. The summed E-state index contributed by atoms with van der Waals surface area (Å²) >= 11 is 2.99. The molecule has 0 bridgehead atoms. The van der Waals surface area contributed by atoms with E-state index in [-0.39, 0.29) is 17.2 Å². The van der Waals surface area contributed by atoms with Gasteiger partial charge in [0.2, 0.25) is 11.1 Å². The molecule has 7 heteroatoms. The summed E-state index contributed by atoms with van der Waals surface area (Å²) in [6.07, 6.45) is 3.19. The highest BCUT2D eigenvalue weighted by Crippen LogP contribution is 2.30. The van der Waals surface area contributed by atoms with Gasteiger partial charge in [0.1, 0.15) is 0 Å². The summed E-state index contributed by atoms with van der Waals surface area (Å²) in [4.78, 5) is 18.2. The first-order valence-electron chi connectivity index (χ1n) is 8.72. The summed E-state index contributed by atoms with van der Waals surface area (Å²) in [5.74, 6) is 0.774. The second-order valence-electron chi connectivity index (χ2n) is 6.36. The van der Waals surface area contributed by atoms with E-state index in [2.05, 4.69) is 38.7 Å². The Hall–Kier alpha value is -2.12. The van der Waals surface area contributed by atoms with Crippen LogP contribution >= 0.6 is 23.1 Å². The Bertz CT molecular complexity index is 891. The summed E-state index contributed by atoms with van der Waals surface area (Å²) < 4.78 is 0. The highest BCUT2D eigenvalue weighted by atomic mass is 32.2. The van der Waals surface area contributed by atoms with Gasteiger partial charge in [0.05, 0.1) is 16.2 Å². The van der Waals surface area contributed by atoms with Gasteiger partial charge in [0.15, 0.2) is 5.82 Å². The van der Waals surface area contributed by atoms with Crippen molar-refractivity contribution in [1.82, 2.24) is 20.5 Å². The van der Waals surface area contributed by atoms with Crippen LogP contribution in [0.1, 0.15) is 36.9 Å². The molecule has 0 radical (unpaired) electrons. The lowest BCUT2D eigenvalue weighted by Crippen LogP contribution is -2.35. The SMILES string of the molecule is C[C@@H](Sc1n[nH]c(-c2cccs2)n1)C(=O)N[C@@H]1CCCc2ccccc21. The Balaban J connectivity index is 1.40. The Morgan fingerprint density at radius 2 is 2.23 bits per heavy atom. The summed E-state index contributed by atoms with van der Waals surface area (Å²) in [5.41, 5.74) is 2.60. The lowest BCUT2D eigenvalue weighted by Gasteiger charge is -2.27. The standard InChI is InChI=1S/C19H20N4OS2/c1-12(26-19-21-17(22-23-19)16-10-5-11-25-16)18(24)20-15-9-4-7-13-6-2-3-8-14(13)15/h2-3,5-6,8,10-12,15H,4,7,9H2,1H3,(H,20,24)(H,21,22,23)/t12-,15-/m1/s1. The molecule has 0 spiro atoms. The van der Waals surface area contributed by atoms with Gasteiger partial charge >= 0.3 is 0 Å². The Kier molecular flexibility index (Phi) is 5.08. The third-order valence-corrected chi connectivity index (χ3v) is 6.39. The fourth-order valence-electron chi connectivity index (χ4n) is 3.23. The average molecular weight is 385 g/mol. The molecule has 0 unspecified atom stereocenters. The van der Waals surface area contributed by atoms with E-state index >= 15 is 0 Å². The minimum atomic E-state index is -0.254. The number of H-pyrrole nitrogens is 1. The number of benzene rings is 1. The average Bonchev–Trinajstić information content (AvgIpc) is 3.33. The van der Waals surface area contributed by atoms with Crippen LogP contribution in [-0.4, -0.2) is 26.3 Å². The number of carbonyl (C=O) groups excluding carboxylic acids is 1. The molecule has 3 aromatic rings. The van der Waals surface area contributed by atoms with Crippen molar-refractivity contribution >= 4 is 29.0 Å². The van der Waals surface area contributed by atoms with Gasteiger partial charge in [-0.2, -0.15) is 0 Å². The summed E-state index contributed by atoms with van der Waals surface area (Å²) in [7, 11) is 0.